The van der Waals surface area contributed by atoms with Crippen LogP contribution in [0.5, 0.6) is 5.88 Å². The van der Waals surface area contributed by atoms with E-state index < -0.39 is 61.0 Å². The van der Waals surface area contributed by atoms with Gasteiger partial charge in [0.05, 0.1) is 12.2 Å². The maximum Gasteiger partial charge on any atom is 0.425 e. The van der Waals surface area contributed by atoms with Gasteiger partial charge >= 0.3 is 12.4 Å². The highest BCUT2D eigenvalue weighted by Crippen LogP contribution is 2.60. The van der Waals surface area contributed by atoms with Gasteiger partial charge in [-0.15, -0.1) is 0 Å². The van der Waals surface area contributed by atoms with Crippen LogP contribution in [0.15, 0.2) is 12.4 Å². The van der Waals surface area contributed by atoms with Crippen LogP contribution in [-0.4, -0.2) is 40.3 Å². The molecule has 0 aromatic carbocycles. The van der Waals surface area contributed by atoms with E-state index in [4.69, 9.17) is 0 Å². The molecule has 1 aliphatic carbocycles. The Labute approximate surface area is 147 Å². The standard InChI is InChI=1S/C14H13F8N3O2/c1-7(13(17,18)19)27-9-2-8(24-6-25-9)3-23-10(26)11(14(20,21)22)4-12(15,16)5-11/h2,6-7H,3-5H2,1H3,(H,23,26)/t7-/m1/s1. The van der Waals surface area contributed by atoms with Crippen molar-refractivity contribution in [1.29, 1.82) is 0 Å². The summed E-state index contributed by atoms with van der Waals surface area (Å²) in [6.45, 7) is 0.0783. The second kappa shape index (κ2) is 6.75. The minimum absolute atomic E-state index is 0.161. The maximum absolute atomic E-state index is 13.0. The highest BCUT2D eigenvalue weighted by atomic mass is 19.4. The first-order valence-corrected chi connectivity index (χ1v) is 7.43. The van der Waals surface area contributed by atoms with E-state index in [0.29, 0.717) is 6.92 Å². The molecule has 0 radical (unpaired) electrons. The molecule has 0 saturated heterocycles. The Bertz CT molecular complexity index is 696. The van der Waals surface area contributed by atoms with Crippen molar-refractivity contribution in [2.45, 2.75) is 50.7 Å². The van der Waals surface area contributed by atoms with E-state index >= 15 is 0 Å². The molecule has 1 aromatic rings. The minimum atomic E-state index is -5.18. The lowest BCUT2D eigenvalue weighted by Gasteiger charge is -2.46. The normalized spacial score (nSPS) is 19.7. The van der Waals surface area contributed by atoms with Gasteiger partial charge in [0.15, 0.2) is 11.5 Å². The Morgan fingerprint density at radius 2 is 1.81 bits per heavy atom. The average Bonchev–Trinajstić information content (AvgIpc) is 2.48. The third-order valence-electron chi connectivity index (χ3n) is 3.99. The summed E-state index contributed by atoms with van der Waals surface area (Å²) in [5, 5.41) is 1.84. The molecule has 1 fully saturated rings. The number of carbonyl (C=O) groups excluding carboxylic acids is 1. The number of alkyl halides is 8. The molecule has 1 N–H and O–H groups in total. The smallest absolute Gasteiger partial charge is 0.425 e. The quantitative estimate of drug-likeness (QED) is 0.761. The predicted octanol–water partition coefficient (Wildman–Crippen LogP) is 3.40. The van der Waals surface area contributed by atoms with Gasteiger partial charge in [0.25, 0.3) is 5.92 Å². The molecule has 5 nitrogen and oxygen atoms in total. The Hall–Kier alpha value is -2.21. The molecule has 0 bridgehead atoms. The molecule has 152 valence electrons. The molecule has 13 heteroatoms. The third-order valence-corrected chi connectivity index (χ3v) is 3.99. The van der Waals surface area contributed by atoms with Crippen LogP contribution in [0.3, 0.4) is 0 Å². The molecule has 1 heterocycles. The molecule has 27 heavy (non-hydrogen) atoms. The molecule has 1 saturated carbocycles. The second-order valence-electron chi connectivity index (χ2n) is 6.12. The Kier molecular flexibility index (Phi) is 5.27. The van der Waals surface area contributed by atoms with Crippen molar-refractivity contribution in [3.63, 3.8) is 0 Å². The second-order valence-corrected chi connectivity index (χ2v) is 6.12. The molecule has 0 aliphatic heterocycles. The average molecular weight is 407 g/mol. The number of nitrogens with one attached hydrogen (secondary N) is 1. The molecular formula is C14H13F8N3O2. The molecule has 0 spiro atoms. The lowest BCUT2D eigenvalue weighted by Crippen LogP contribution is -2.62. The summed E-state index contributed by atoms with van der Waals surface area (Å²) < 4.78 is 107. The highest BCUT2D eigenvalue weighted by Gasteiger charge is 2.73. The van der Waals surface area contributed by atoms with E-state index in [2.05, 4.69) is 14.7 Å². The van der Waals surface area contributed by atoms with Crippen LogP contribution in [0.2, 0.25) is 0 Å². The maximum atomic E-state index is 13.0. The Balaban J connectivity index is 2.04. The summed E-state index contributed by atoms with van der Waals surface area (Å²) in [7, 11) is 0. The van der Waals surface area contributed by atoms with E-state index in [-0.39, 0.29) is 5.69 Å². The van der Waals surface area contributed by atoms with Crippen LogP contribution < -0.4 is 10.1 Å². The SMILES string of the molecule is C[C@@H](Oc1cc(CNC(=O)C2(C(F)(F)F)CC(F)(F)C2)ncn1)C(F)(F)F. The molecule has 1 aromatic heterocycles. The Morgan fingerprint density at radius 3 is 2.30 bits per heavy atom. The lowest BCUT2D eigenvalue weighted by molar-refractivity contribution is -0.295. The minimum Gasteiger partial charge on any atom is -0.465 e. The van der Waals surface area contributed by atoms with Gasteiger partial charge in [-0.3, -0.25) is 4.79 Å². The molecule has 1 atom stereocenters. The van der Waals surface area contributed by atoms with E-state index in [1.165, 1.54) is 0 Å². The van der Waals surface area contributed by atoms with E-state index in [0.717, 1.165) is 12.4 Å². The van der Waals surface area contributed by atoms with Crippen LogP contribution >= 0.6 is 0 Å². The first kappa shape index (κ1) is 21.1. The van der Waals surface area contributed by atoms with Crippen LogP contribution in [0, 0.1) is 5.41 Å². The van der Waals surface area contributed by atoms with Gasteiger partial charge in [0, 0.05) is 18.9 Å². The van der Waals surface area contributed by atoms with Gasteiger partial charge in [-0.1, -0.05) is 0 Å². The van der Waals surface area contributed by atoms with Crippen LogP contribution in [0.25, 0.3) is 0 Å². The fraction of sp³-hybridized carbons (Fsp3) is 0.643. The number of hydrogen-bond donors (Lipinski definition) is 1. The first-order chi connectivity index (χ1) is 12.2. The van der Waals surface area contributed by atoms with E-state index in [1.807, 2.05) is 5.32 Å². The van der Waals surface area contributed by atoms with Crippen molar-refractivity contribution in [3.05, 3.63) is 18.1 Å². The van der Waals surface area contributed by atoms with Gasteiger partial charge in [0.1, 0.15) is 6.33 Å². The molecule has 2 rings (SSSR count). The third kappa shape index (κ3) is 4.56. The topological polar surface area (TPSA) is 64.1 Å². The number of nitrogens with zero attached hydrogens (tertiary/aromatic N) is 2. The molecular weight excluding hydrogens is 394 g/mol. The predicted molar refractivity (Wildman–Crippen MR) is 72.7 cm³/mol. The fourth-order valence-corrected chi connectivity index (χ4v) is 2.45. The molecule has 0 unspecified atom stereocenters. The van der Waals surface area contributed by atoms with E-state index in [1.54, 1.807) is 0 Å². The van der Waals surface area contributed by atoms with Crippen molar-refractivity contribution < 1.29 is 44.7 Å². The molecule has 1 amide bonds. The number of hydrogen-bond acceptors (Lipinski definition) is 4. The van der Waals surface area contributed by atoms with Gasteiger partial charge in [-0.25, -0.2) is 18.7 Å². The number of halogens is 8. The van der Waals surface area contributed by atoms with Crippen molar-refractivity contribution in [3.8, 4) is 5.88 Å². The van der Waals surface area contributed by atoms with Gasteiger partial charge in [-0.2, -0.15) is 26.3 Å². The Morgan fingerprint density at radius 1 is 1.22 bits per heavy atom. The van der Waals surface area contributed by atoms with Crippen molar-refractivity contribution >= 4 is 5.91 Å². The number of amides is 1. The largest absolute Gasteiger partial charge is 0.465 e. The summed E-state index contributed by atoms with van der Waals surface area (Å²) >= 11 is 0. The van der Waals surface area contributed by atoms with Gasteiger partial charge < -0.3 is 10.1 Å². The molecule has 1 aliphatic rings. The van der Waals surface area contributed by atoms with Crippen LogP contribution in [0.1, 0.15) is 25.5 Å². The summed E-state index contributed by atoms with van der Waals surface area (Å²) in [5.74, 6) is -5.78. The van der Waals surface area contributed by atoms with Crippen LogP contribution in [0.4, 0.5) is 35.1 Å². The summed E-state index contributed by atoms with van der Waals surface area (Å²) in [6, 6.07) is 0.887. The van der Waals surface area contributed by atoms with Crippen molar-refractivity contribution in [1.82, 2.24) is 15.3 Å². The van der Waals surface area contributed by atoms with Crippen molar-refractivity contribution in [2.75, 3.05) is 0 Å². The fourth-order valence-electron chi connectivity index (χ4n) is 2.45. The number of ether oxygens (including phenoxy) is 1. The van der Waals surface area contributed by atoms with Crippen LogP contribution in [-0.2, 0) is 11.3 Å². The monoisotopic (exact) mass is 407 g/mol. The first-order valence-electron chi connectivity index (χ1n) is 7.43. The van der Waals surface area contributed by atoms with Gasteiger partial charge in [0.2, 0.25) is 11.8 Å². The number of rotatable bonds is 5. The van der Waals surface area contributed by atoms with Crippen molar-refractivity contribution in [2.24, 2.45) is 5.41 Å². The summed E-state index contributed by atoms with van der Waals surface area (Å²) in [4.78, 5) is 18.9. The zero-order valence-corrected chi connectivity index (χ0v) is 13.6. The van der Waals surface area contributed by atoms with E-state index in [9.17, 15) is 39.9 Å². The zero-order valence-electron chi connectivity index (χ0n) is 13.6. The zero-order chi connectivity index (χ0) is 20.7. The highest BCUT2D eigenvalue weighted by molar-refractivity contribution is 5.85. The number of carbonyl (C=O) groups is 1. The number of aromatic nitrogens is 2. The summed E-state index contributed by atoms with van der Waals surface area (Å²) in [5.41, 5.74) is -3.38. The summed E-state index contributed by atoms with van der Waals surface area (Å²) in [6.07, 6.45) is -14.6. The lowest BCUT2D eigenvalue weighted by atomic mass is 9.64. The van der Waals surface area contributed by atoms with Gasteiger partial charge in [-0.05, 0) is 6.92 Å².